The van der Waals surface area contributed by atoms with Gasteiger partial charge in [0.15, 0.2) is 11.4 Å². The number of carbonyl (C=O) groups is 1. The molecule has 5 heteroatoms. The van der Waals surface area contributed by atoms with E-state index in [2.05, 4.69) is 19.1 Å². The minimum atomic E-state index is -0.0192. The number of carbonyl (C=O) groups excluding carboxylic acids is 1. The number of ether oxygens (including phenoxy) is 1. The van der Waals surface area contributed by atoms with Crippen molar-refractivity contribution in [2.45, 2.75) is 39.2 Å². The molecular weight excluding hydrogens is 338 g/mol. The molecule has 0 saturated heterocycles. The topological polar surface area (TPSA) is 46.8 Å². The van der Waals surface area contributed by atoms with Crippen LogP contribution in [0, 0.1) is 6.92 Å². The Labute approximate surface area is 159 Å². The summed E-state index contributed by atoms with van der Waals surface area (Å²) in [7, 11) is 3.57. The van der Waals surface area contributed by atoms with E-state index in [0.29, 0.717) is 5.56 Å². The monoisotopic (exact) mass is 363 g/mol. The van der Waals surface area contributed by atoms with Gasteiger partial charge in [-0.15, -0.1) is 0 Å². The van der Waals surface area contributed by atoms with Crippen LogP contribution in [0.3, 0.4) is 0 Å². The molecular formula is C22H25N3O2. The van der Waals surface area contributed by atoms with Crippen molar-refractivity contribution < 1.29 is 9.53 Å². The first-order chi connectivity index (χ1) is 13.0. The van der Waals surface area contributed by atoms with E-state index in [1.807, 2.05) is 35.7 Å². The van der Waals surface area contributed by atoms with Gasteiger partial charge in [-0.1, -0.05) is 37.3 Å². The summed E-state index contributed by atoms with van der Waals surface area (Å²) >= 11 is 0. The molecule has 0 aliphatic carbocycles. The van der Waals surface area contributed by atoms with Gasteiger partial charge in [0.05, 0.1) is 11.3 Å². The third-order valence-electron chi connectivity index (χ3n) is 5.33. The molecule has 0 N–H and O–H groups in total. The fourth-order valence-electron chi connectivity index (χ4n) is 3.95. The van der Waals surface area contributed by atoms with Gasteiger partial charge in [-0.25, -0.2) is 4.98 Å². The van der Waals surface area contributed by atoms with E-state index in [-0.39, 0.29) is 12.0 Å². The molecule has 2 aromatic heterocycles. The van der Waals surface area contributed by atoms with Crippen molar-refractivity contribution in [1.82, 2.24) is 14.3 Å². The van der Waals surface area contributed by atoms with Crippen LogP contribution in [-0.2, 0) is 12.8 Å². The van der Waals surface area contributed by atoms with Gasteiger partial charge in [0.1, 0.15) is 6.10 Å². The van der Waals surface area contributed by atoms with E-state index in [1.54, 1.807) is 19.0 Å². The van der Waals surface area contributed by atoms with Crippen molar-refractivity contribution in [3.63, 3.8) is 0 Å². The second-order valence-corrected chi connectivity index (χ2v) is 7.30. The molecule has 140 valence electrons. The number of amides is 1. The Hall–Kier alpha value is -2.82. The van der Waals surface area contributed by atoms with Gasteiger partial charge in [-0.2, -0.15) is 0 Å². The number of imidazole rings is 1. The molecule has 0 saturated carbocycles. The third kappa shape index (κ3) is 2.87. The second-order valence-electron chi connectivity index (χ2n) is 7.30. The number of aryl methyl sites for hydroxylation is 2. The number of hydrogen-bond acceptors (Lipinski definition) is 3. The van der Waals surface area contributed by atoms with Crippen molar-refractivity contribution in [3.05, 3.63) is 64.6 Å². The Bertz CT molecular complexity index is 1010. The second kappa shape index (κ2) is 6.72. The standard InChI is InChI=1S/C22H25N3O2/c1-5-18-14(2)23-21-20-16(17(13-25(18)21)22(26)24(3)4)11-12-19(27-20)15-9-7-6-8-10-15/h6-10,13,19H,5,11-12H2,1-4H3/t19-/m1/s1. The number of aromatic nitrogens is 2. The number of hydrogen-bond donors (Lipinski definition) is 0. The Morgan fingerprint density at radius 1 is 1.30 bits per heavy atom. The minimum absolute atomic E-state index is 0.00307. The van der Waals surface area contributed by atoms with Gasteiger partial charge in [0.2, 0.25) is 0 Å². The zero-order valence-electron chi connectivity index (χ0n) is 16.3. The number of nitrogens with zero attached hydrogens (tertiary/aromatic N) is 3. The first kappa shape index (κ1) is 17.6. The van der Waals surface area contributed by atoms with E-state index in [0.717, 1.165) is 53.2 Å². The fourth-order valence-corrected chi connectivity index (χ4v) is 3.95. The summed E-state index contributed by atoms with van der Waals surface area (Å²) in [4.78, 5) is 19.3. The smallest absolute Gasteiger partial charge is 0.255 e. The van der Waals surface area contributed by atoms with Crippen LogP contribution in [0.4, 0.5) is 0 Å². The lowest BCUT2D eigenvalue weighted by atomic mass is 9.95. The number of rotatable bonds is 3. The number of pyridine rings is 1. The van der Waals surface area contributed by atoms with Gasteiger partial charge in [-0.05, 0) is 31.7 Å². The maximum atomic E-state index is 12.9. The average Bonchev–Trinajstić information content (AvgIpc) is 3.02. The van der Waals surface area contributed by atoms with Crippen molar-refractivity contribution in [3.8, 4) is 5.75 Å². The van der Waals surface area contributed by atoms with Crippen LogP contribution in [0.25, 0.3) is 5.65 Å². The van der Waals surface area contributed by atoms with E-state index in [9.17, 15) is 4.79 Å². The summed E-state index contributed by atoms with van der Waals surface area (Å²) in [5, 5.41) is 0. The van der Waals surface area contributed by atoms with Crippen molar-refractivity contribution in [2.75, 3.05) is 14.1 Å². The molecule has 3 aromatic rings. The summed E-state index contributed by atoms with van der Waals surface area (Å²) < 4.78 is 8.50. The first-order valence-electron chi connectivity index (χ1n) is 9.48. The van der Waals surface area contributed by atoms with Crippen LogP contribution in [0.2, 0.25) is 0 Å². The van der Waals surface area contributed by atoms with E-state index < -0.39 is 0 Å². The van der Waals surface area contributed by atoms with Crippen molar-refractivity contribution in [1.29, 1.82) is 0 Å². The highest BCUT2D eigenvalue weighted by Gasteiger charge is 2.30. The maximum absolute atomic E-state index is 12.9. The molecule has 0 unspecified atom stereocenters. The van der Waals surface area contributed by atoms with E-state index >= 15 is 0 Å². The Morgan fingerprint density at radius 3 is 2.70 bits per heavy atom. The first-order valence-corrected chi connectivity index (χ1v) is 9.48. The van der Waals surface area contributed by atoms with Crippen LogP contribution in [0.1, 0.15) is 52.3 Å². The van der Waals surface area contributed by atoms with Gasteiger partial charge < -0.3 is 9.64 Å². The van der Waals surface area contributed by atoms with Crippen LogP contribution < -0.4 is 4.74 Å². The Kier molecular flexibility index (Phi) is 4.38. The summed E-state index contributed by atoms with van der Waals surface area (Å²) in [6.45, 7) is 4.13. The molecule has 1 aliphatic rings. The highest BCUT2D eigenvalue weighted by Crippen LogP contribution is 2.40. The van der Waals surface area contributed by atoms with Crippen LogP contribution >= 0.6 is 0 Å². The molecule has 0 radical (unpaired) electrons. The summed E-state index contributed by atoms with van der Waals surface area (Å²) in [6, 6.07) is 10.3. The molecule has 3 heterocycles. The minimum Gasteiger partial charge on any atom is -0.481 e. The number of benzene rings is 1. The molecule has 27 heavy (non-hydrogen) atoms. The largest absolute Gasteiger partial charge is 0.481 e. The predicted octanol–water partition coefficient (Wildman–Crippen LogP) is 3.97. The Morgan fingerprint density at radius 2 is 2.04 bits per heavy atom. The van der Waals surface area contributed by atoms with Gasteiger partial charge in [0.25, 0.3) is 5.91 Å². The lowest BCUT2D eigenvalue weighted by Crippen LogP contribution is -2.26. The molecule has 0 bridgehead atoms. The zero-order valence-corrected chi connectivity index (χ0v) is 16.3. The van der Waals surface area contributed by atoms with Crippen molar-refractivity contribution in [2.24, 2.45) is 0 Å². The highest BCUT2D eigenvalue weighted by atomic mass is 16.5. The third-order valence-corrected chi connectivity index (χ3v) is 5.33. The Balaban J connectivity index is 1.92. The molecule has 1 atom stereocenters. The van der Waals surface area contributed by atoms with Crippen LogP contribution in [0.5, 0.6) is 5.75 Å². The van der Waals surface area contributed by atoms with Gasteiger partial charge in [-0.3, -0.25) is 9.20 Å². The SMILES string of the molecule is CCc1c(C)nc2c3c(c(C(=O)N(C)C)cn12)CC[C@H](c1ccccc1)O3. The highest BCUT2D eigenvalue weighted by molar-refractivity contribution is 5.96. The normalized spacial score (nSPS) is 16.1. The zero-order chi connectivity index (χ0) is 19.1. The summed E-state index contributed by atoms with van der Waals surface area (Å²) in [6.07, 6.45) is 4.43. The molecule has 1 aromatic carbocycles. The predicted molar refractivity (Wildman–Crippen MR) is 105 cm³/mol. The van der Waals surface area contributed by atoms with E-state index in [4.69, 9.17) is 9.72 Å². The fraction of sp³-hybridized carbons (Fsp3) is 0.364. The quantitative estimate of drug-likeness (QED) is 0.707. The van der Waals surface area contributed by atoms with Gasteiger partial charge in [0, 0.05) is 31.5 Å². The summed E-state index contributed by atoms with van der Waals surface area (Å²) in [5.41, 5.74) is 5.76. The molecule has 4 rings (SSSR count). The summed E-state index contributed by atoms with van der Waals surface area (Å²) in [5.74, 6) is 0.758. The molecule has 1 amide bonds. The lowest BCUT2D eigenvalue weighted by Gasteiger charge is -2.28. The molecule has 1 aliphatic heterocycles. The van der Waals surface area contributed by atoms with Gasteiger partial charge >= 0.3 is 0 Å². The molecule has 5 nitrogen and oxygen atoms in total. The maximum Gasteiger partial charge on any atom is 0.255 e. The van der Waals surface area contributed by atoms with Crippen LogP contribution in [0.15, 0.2) is 36.5 Å². The molecule has 0 fully saturated rings. The van der Waals surface area contributed by atoms with Crippen LogP contribution in [-0.4, -0.2) is 34.3 Å². The molecule has 0 spiro atoms. The number of fused-ring (bicyclic) bond motifs is 3. The van der Waals surface area contributed by atoms with E-state index in [1.165, 1.54) is 0 Å². The average molecular weight is 363 g/mol. The van der Waals surface area contributed by atoms with Crippen molar-refractivity contribution >= 4 is 11.6 Å². The lowest BCUT2D eigenvalue weighted by molar-refractivity contribution is 0.0823.